The van der Waals surface area contributed by atoms with Crippen molar-refractivity contribution in [1.29, 1.82) is 5.26 Å². The van der Waals surface area contributed by atoms with Crippen molar-refractivity contribution in [1.82, 2.24) is 4.90 Å². The van der Waals surface area contributed by atoms with Gasteiger partial charge in [0.1, 0.15) is 0 Å². The Labute approximate surface area is 108 Å². The summed E-state index contributed by atoms with van der Waals surface area (Å²) < 4.78 is 0. The molecule has 0 bridgehead atoms. The Morgan fingerprint density at radius 1 is 1.50 bits per heavy atom. The van der Waals surface area contributed by atoms with Gasteiger partial charge in [0, 0.05) is 25.6 Å². The Kier molecular flexibility index (Phi) is 5.34. The zero-order chi connectivity index (χ0) is 13.5. The van der Waals surface area contributed by atoms with E-state index in [0.29, 0.717) is 25.2 Å². The van der Waals surface area contributed by atoms with E-state index >= 15 is 0 Å². The van der Waals surface area contributed by atoms with Crippen LogP contribution in [0.2, 0.25) is 0 Å². The van der Waals surface area contributed by atoms with E-state index in [-0.39, 0.29) is 11.8 Å². The van der Waals surface area contributed by atoms with Gasteiger partial charge in [-0.3, -0.25) is 4.79 Å². The number of nitrogens with zero attached hydrogens (tertiary/aromatic N) is 2. The van der Waals surface area contributed by atoms with Crippen LogP contribution in [0.3, 0.4) is 0 Å². The molecule has 1 rings (SSSR count). The number of hydrogen-bond donors (Lipinski definition) is 1. The molecule has 96 valence electrons. The van der Waals surface area contributed by atoms with Crippen LogP contribution in [0.25, 0.3) is 0 Å². The van der Waals surface area contributed by atoms with Crippen molar-refractivity contribution in [3.8, 4) is 6.07 Å². The second-order valence-corrected chi connectivity index (χ2v) is 4.26. The Balaban J connectivity index is 2.87. The summed E-state index contributed by atoms with van der Waals surface area (Å²) in [4.78, 5) is 13.8. The Hall–Kier alpha value is -1.86. The fourth-order valence-electron chi connectivity index (χ4n) is 1.73. The normalized spacial score (nSPS) is 11.7. The fourth-order valence-corrected chi connectivity index (χ4v) is 1.73. The Morgan fingerprint density at radius 3 is 2.72 bits per heavy atom. The van der Waals surface area contributed by atoms with Gasteiger partial charge in [0.25, 0.3) is 0 Å². The predicted octanol–water partition coefficient (Wildman–Crippen LogP) is 1.50. The standard InChI is InChI=1S/C14H19N3O/c1-3-17(14(18)11(2)8-15)10-13-7-5-4-6-12(13)9-16/h4-7,11H,3,8,10,15H2,1-2H3. The van der Waals surface area contributed by atoms with Crippen LogP contribution >= 0.6 is 0 Å². The summed E-state index contributed by atoms with van der Waals surface area (Å²) in [5, 5.41) is 9.02. The van der Waals surface area contributed by atoms with Gasteiger partial charge in [-0.1, -0.05) is 25.1 Å². The average Bonchev–Trinajstić information content (AvgIpc) is 2.43. The van der Waals surface area contributed by atoms with Crippen LogP contribution in [0.15, 0.2) is 24.3 Å². The lowest BCUT2D eigenvalue weighted by atomic mass is 10.1. The zero-order valence-electron chi connectivity index (χ0n) is 10.9. The number of amides is 1. The maximum Gasteiger partial charge on any atom is 0.226 e. The molecule has 0 radical (unpaired) electrons. The van der Waals surface area contributed by atoms with Gasteiger partial charge in [0.2, 0.25) is 5.91 Å². The molecule has 1 atom stereocenters. The van der Waals surface area contributed by atoms with E-state index in [2.05, 4.69) is 6.07 Å². The zero-order valence-corrected chi connectivity index (χ0v) is 10.9. The molecule has 0 aliphatic heterocycles. The summed E-state index contributed by atoms with van der Waals surface area (Å²) in [6.45, 7) is 5.17. The monoisotopic (exact) mass is 245 g/mol. The third-order valence-electron chi connectivity index (χ3n) is 2.97. The van der Waals surface area contributed by atoms with E-state index in [1.165, 1.54) is 0 Å². The molecule has 0 fully saturated rings. The molecule has 18 heavy (non-hydrogen) atoms. The molecular formula is C14H19N3O. The number of hydrogen-bond acceptors (Lipinski definition) is 3. The van der Waals surface area contributed by atoms with E-state index in [9.17, 15) is 4.79 Å². The molecule has 1 unspecified atom stereocenters. The quantitative estimate of drug-likeness (QED) is 0.854. The maximum absolute atomic E-state index is 12.1. The van der Waals surface area contributed by atoms with Crippen molar-refractivity contribution in [2.24, 2.45) is 11.7 Å². The smallest absolute Gasteiger partial charge is 0.226 e. The molecule has 0 saturated carbocycles. The van der Waals surface area contributed by atoms with Crippen molar-refractivity contribution in [2.45, 2.75) is 20.4 Å². The van der Waals surface area contributed by atoms with Gasteiger partial charge in [-0.2, -0.15) is 5.26 Å². The molecule has 4 heteroatoms. The molecule has 1 amide bonds. The topological polar surface area (TPSA) is 70.1 Å². The van der Waals surface area contributed by atoms with Crippen LogP contribution < -0.4 is 5.73 Å². The second-order valence-electron chi connectivity index (χ2n) is 4.26. The lowest BCUT2D eigenvalue weighted by Gasteiger charge is -2.24. The van der Waals surface area contributed by atoms with E-state index in [0.717, 1.165) is 5.56 Å². The molecule has 2 N–H and O–H groups in total. The highest BCUT2D eigenvalue weighted by molar-refractivity contribution is 5.78. The number of benzene rings is 1. The molecule has 0 saturated heterocycles. The summed E-state index contributed by atoms with van der Waals surface area (Å²) in [6.07, 6.45) is 0. The molecule has 1 aromatic rings. The average molecular weight is 245 g/mol. The van der Waals surface area contributed by atoms with E-state index in [4.69, 9.17) is 11.0 Å². The van der Waals surface area contributed by atoms with Crippen LogP contribution in [-0.4, -0.2) is 23.9 Å². The van der Waals surface area contributed by atoms with Crippen molar-refractivity contribution in [2.75, 3.05) is 13.1 Å². The maximum atomic E-state index is 12.1. The summed E-state index contributed by atoms with van der Waals surface area (Å²) >= 11 is 0. The van der Waals surface area contributed by atoms with E-state index in [1.807, 2.05) is 32.0 Å². The Morgan fingerprint density at radius 2 is 2.17 bits per heavy atom. The minimum atomic E-state index is -0.181. The molecule has 0 aliphatic rings. The molecule has 0 heterocycles. The first-order valence-corrected chi connectivity index (χ1v) is 6.10. The molecule has 0 aliphatic carbocycles. The summed E-state index contributed by atoms with van der Waals surface area (Å²) in [7, 11) is 0. The molecular weight excluding hydrogens is 226 g/mol. The highest BCUT2D eigenvalue weighted by atomic mass is 16.2. The van der Waals surface area contributed by atoms with Crippen molar-refractivity contribution in [3.63, 3.8) is 0 Å². The minimum Gasteiger partial charge on any atom is -0.338 e. The molecule has 0 aromatic heterocycles. The third-order valence-corrected chi connectivity index (χ3v) is 2.97. The van der Waals surface area contributed by atoms with Crippen LogP contribution in [0.4, 0.5) is 0 Å². The number of rotatable bonds is 5. The summed E-state index contributed by atoms with van der Waals surface area (Å²) in [5.41, 5.74) is 7.00. The second kappa shape index (κ2) is 6.77. The molecule has 4 nitrogen and oxygen atoms in total. The minimum absolute atomic E-state index is 0.0349. The largest absolute Gasteiger partial charge is 0.338 e. The van der Waals surface area contributed by atoms with Crippen LogP contribution in [0, 0.1) is 17.2 Å². The molecule has 1 aromatic carbocycles. The van der Waals surface area contributed by atoms with E-state index in [1.54, 1.807) is 11.0 Å². The number of carbonyl (C=O) groups excluding carboxylic acids is 1. The van der Waals surface area contributed by atoms with Crippen LogP contribution in [0.5, 0.6) is 0 Å². The lowest BCUT2D eigenvalue weighted by molar-refractivity contribution is -0.135. The first-order chi connectivity index (χ1) is 8.63. The first kappa shape index (κ1) is 14.2. The van der Waals surface area contributed by atoms with Gasteiger partial charge in [0.15, 0.2) is 0 Å². The molecule has 0 spiro atoms. The van der Waals surface area contributed by atoms with Crippen molar-refractivity contribution < 1.29 is 4.79 Å². The SMILES string of the molecule is CCN(Cc1ccccc1C#N)C(=O)C(C)CN. The number of nitrogens with two attached hydrogens (primary N) is 1. The van der Waals surface area contributed by atoms with Gasteiger partial charge >= 0.3 is 0 Å². The fraction of sp³-hybridized carbons (Fsp3) is 0.429. The van der Waals surface area contributed by atoms with Crippen LogP contribution in [-0.2, 0) is 11.3 Å². The third kappa shape index (κ3) is 3.31. The van der Waals surface area contributed by atoms with Gasteiger partial charge in [-0.15, -0.1) is 0 Å². The lowest BCUT2D eigenvalue weighted by Crippen LogP contribution is -2.37. The number of carbonyl (C=O) groups is 1. The van der Waals surface area contributed by atoms with Crippen LogP contribution in [0.1, 0.15) is 25.0 Å². The van der Waals surface area contributed by atoms with Gasteiger partial charge in [-0.25, -0.2) is 0 Å². The highest BCUT2D eigenvalue weighted by Crippen LogP contribution is 2.12. The van der Waals surface area contributed by atoms with Gasteiger partial charge in [0.05, 0.1) is 11.6 Å². The van der Waals surface area contributed by atoms with Gasteiger partial charge < -0.3 is 10.6 Å². The Bertz CT molecular complexity index is 451. The van der Waals surface area contributed by atoms with Gasteiger partial charge in [-0.05, 0) is 18.6 Å². The van der Waals surface area contributed by atoms with Crippen molar-refractivity contribution in [3.05, 3.63) is 35.4 Å². The predicted molar refractivity (Wildman–Crippen MR) is 70.5 cm³/mol. The number of nitriles is 1. The first-order valence-electron chi connectivity index (χ1n) is 6.10. The summed E-state index contributed by atoms with van der Waals surface area (Å²) in [5.74, 6) is -0.146. The van der Waals surface area contributed by atoms with E-state index < -0.39 is 0 Å². The summed E-state index contributed by atoms with van der Waals surface area (Å²) in [6, 6.07) is 9.48. The van der Waals surface area contributed by atoms with Crippen molar-refractivity contribution >= 4 is 5.91 Å². The highest BCUT2D eigenvalue weighted by Gasteiger charge is 2.18.